The van der Waals surface area contributed by atoms with Gasteiger partial charge in [0.05, 0.1) is 16.0 Å². The maximum absolute atomic E-state index is 12.3. The van der Waals surface area contributed by atoms with Gasteiger partial charge in [0.15, 0.2) is 0 Å². The zero-order valence-electron chi connectivity index (χ0n) is 15.5. The van der Waals surface area contributed by atoms with E-state index in [1.807, 2.05) is 13.8 Å². The molecule has 0 aliphatic carbocycles. The Hall–Kier alpha value is -2.22. The Morgan fingerprint density at radius 1 is 1.14 bits per heavy atom. The number of nitrogens with zero attached hydrogens (tertiary/aromatic N) is 3. The van der Waals surface area contributed by atoms with Crippen LogP contribution in [-0.2, 0) is 4.79 Å². The standard InChI is InChI=1S/C20H17ClN4OS2/c1-10-8-11(2)22-19-16(10)17-18(28-19)20(24-12(3)23-17)27-9-15(26)25-14-6-4-13(21)5-7-14/h4-8H,9H2,1-3H3,(H,25,26). The summed E-state index contributed by atoms with van der Waals surface area (Å²) in [6.45, 7) is 5.94. The van der Waals surface area contributed by atoms with Crippen LogP contribution in [0.4, 0.5) is 5.69 Å². The molecular weight excluding hydrogens is 412 g/mol. The molecule has 28 heavy (non-hydrogen) atoms. The first-order valence-corrected chi connectivity index (χ1v) is 10.8. The van der Waals surface area contributed by atoms with Crippen molar-refractivity contribution in [3.8, 4) is 0 Å². The van der Waals surface area contributed by atoms with Crippen LogP contribution in [0.3, 0.4) is 0 Å². The second-order valence-electron chi connectivity index (χ2n) is 6.46. The molecule has 0 fully saturated rings. The summed E-state index contributed by atoms with van der Waals surface area (Å²) in [6.07, 6.45) is 0. The Morgan fingerprint density at radius 3 is 2.64 bits per heavy atom. The molecule has 0 aliphatic heterocycles. The molecule has 0 unspecified atom stereocenters. The molecule has 5 nitrogen and oxygen atoms in total. The zero-order chi connectivity index (χ0) is 19.8. The molecular formula is C20H17ClN4OS2. The Kier molecular flexibility index (Phi) is 5.23. The number of anilines is 1. The number of nitrogens with one attached hydrogen (secondary N) is 1. The van der Waals surface area contributed by atoms with Gasteiger partial charge in [-0.3, -0.25) is 4.79 Å². The fraction of sp³-hybridized carbons (Fsp3) is 0.200. The highest BCUT2D eigenvalue weighted by Gasteiger charge is 2.17. The summed E-state index contributed by atoms with van der Waals surface area (Å²) in [7, 11) is 0. The monoisotopic (exact) mass is 428 g/mol. The number of amides is 1. The number of hydrogen-bond acceptors (Lipinski definition) is 6. The number of pyridine rings is 1. The molecule has 3 aromatic heterocycles. The Bertz CT molecular complexity index is 1200. The van der Waals surface area contributed by atoms with E-state index in [1.54, 1.807) is 35.6 Å². The number of hydrogen-bond donors (Lipinski definition) is 1. The predicted molar refractivity (Wildman–Crippen MR) is 118 cm³/mol. The first kappa shape index (κ1) is 19.1. The van der Waals surface area contributed by atoms with E-state index in [4.69, 9.17) is 11.6 Å². The molecule has 0 radical (unpaired) electrons. The van der Waals surface area contributed by atoms with Gasteiger partial charge in [-0.25, -0.2) is 15.0 Å². The van der Waals surface area contributed by atoms with Crippen molar-refractivity contribution in [3.05, 3.63) is 52.4 Å². The van der Waals surface area contributed by atoms with Crippen LogP contribution in [0.1, 0.15) is 17.1 Å². The molecule has 0 saturated carbocycles. The van der Waals surface area contributed by atoms with Gasteiger partial charge in [-0.1, -0.05) is 23.4 Å². The lowest BCUT2D eigenvalue weighted by molar-refractivity contribution is -0.113. The molecule has 0 atom stereocenters. The van der Waals surface area contributed by atoms with E-state index < -0.39 is 0 Å². The molecule has 1 amide bonds. The lowest BCUT2D eigenvalue weighted by Crippen LogP contribution is -2.14. The molecule has 3 heterocycles. The number of carbonyl (C=O) groups excluding carboxylic acids is 1. The molecule has 0 saturated heterocycles. The minimum Gasteiger partial charge on any atom is -0.325 e. The minimum absolute atomic E-state index is 0.0944. The number of carbonyl (C=O) groups is 1. The fourth-order valence-electron chi connectivity index (χ4n) is 3.02. The van der Waals surface area contributed by atoms with Crippen molar-refractivity contribution in [2.24, 2.45) is 0 Å². The number of benzene rings is 1. The topological polar surface area (TPSA) is 67.8 Å². The van der Waals surface area contributed by atoms with Gasteiger partial charge in [-0.15, -0.1) is 11.3 Å². The second kappa shape index (κ2) is 7.66. The highest BCUT2D eigenvalue weighted by atomic mass is 35.5. The molecule has 0 aliphatic rings. The Balaban J connectivity index is 1.62. The Labute approximate surface area is 175 Å². The summed E-state index contributed by atoms with van der Waals surface area (Å²) in [4.78, 5) is 27.2. The minimum atomic E-state index is -0.0944. The number of halogens is 1. The van der Waals surface area contributed by atoms with Crippen molar-refractivity contribution in [1.82, 2.24) is 15.0 Å². The third-order valence-electron chi connectivity index (χ3n) is 4.16. The zero-order valence-corrected chi connectivity index (χ0v) is 17.9. The SMILES string of the molecule is Cc1cc(C)c2c(n1)sc1c(SCC(=O)Nc3ccc(Cl)cc3)nc(C)nc12. The number of aryl methyl sites for hydroxylation is 3. The van der Waals surface area contributed by atoms with Gasteiger partial charge in [0, 0.05) is 21.8 Å². The van der Waals surface area contributed by atoms with E-state index in [9.17, 15) is 4.79 Å². The molecule has 0 bridgehead atoms. The summed E-state index contributed by atoms with van der Waals surface area (Å²) in [5.74, 6) is 0.851. The van der Waals surface area contributed by atoms with Crippen molar-refractivity contribution in [2.45, 2.75) is 25.8 Å². The van der Waals surface area contributed by atoms with Gasteiger partial charge in [-0.05, 0) is 56.7 Å². The molecule has 4 rings (SSSR count). The van der Waals surface area contributed by atoms with Crippen LogP contribution in [0, 0.1) is 20.8 Å². The summed E-state index contributed by atoms with van der Waals surface area (Å²) < 4.78 is 0.978. The van der Waals surface area contributed by atoms with Crippen molar-refractivity contribution in [3.63, 3.8) is 0 Å². The van der Waals surface area contributed by atoms with Gasteiger partial charge < -0.3 is 5.32 Å². The predicted octanol–water partition coefficient (Wildman–Crippen LogP) is 5.55. The largest absolute Gasteiger partial charge is 0.325 e. The number of thioether (sulfide) groups is 1. The highest BCUT2D eigenvalue weighted by molar-refractivity contribution is 8.00. The van der Waals surface area contributed by atoms with E-state index in [2.05, 4.69) is 33.3 Å². The van der Waals surface area contributed by atoms with E-state index in [0.717, 1.165) is 42.4 Å². The van der Waals surface area contributed by atoms with Crippen molar-refractivity contribution in [2.75, 3.05) is 11.1 Å². The normalized spacial score (nSPS) is 11.3. The first-order chi connectivity index (χ1) is 13.4. The van der Waals surface area contributed by atoms with E-state index in [-0.39, 0.29) is 11.7 Å². The second-order valence-corrected chi connectivity index (χ2v) is 8.86. The average molecular weight is 429 g/mol. The summed E-state index contributed by atoms with van der Waals surface area (Å²) in [5, 5.41) is 5.40. The fourth-order valence-corrected chi connectivity index (χ4v) is 5.33. The van der Waals surface area contributed by atoms with Gasteiger partial charge in [0.1, 0.15) is 15.7 Å². The van der Waals surface area contributed by atoms with Crippen LogP contribution in [0.25, 0.3) is 20.4 Å². The van der Waals surface area contributed by atoms with Crippen LogP contribution in [0.15, 0.2) is 35.4 Å². The number of aromatic nitrogens is 3. The van der Waals surface area contributed by atoms with Crippen LogP contribution in [-0.4, -0.2) is 26.6 Å². The first-order valence-electron chi connectivity index (χ1n) is 8.64. The smallest absolute Gasteiger partial charge is 0.234 e. The van der Waals surface area contributed by atoms with Gasteiger partial charge in [0.25, 0.3) is 0 Å². The summed E-state index contributed by atoms with van der Waals surface area (Å²) in [6, 6.07) is 9.12. The maximum Gasteiger partial charge on any atom is 0.234 e. The lowest BCUT2D eigenvalue weighted by Gasteiger charge is -2.06. The van der Waals surface area contributed by atoms with Crippen molar-refractivity contribution in [1.29, 1.82) is 0 Å². The summed E-state index contributed by atoms with van der Waals surface area (Å²) in [5.41, 5.74) is 3.77. The third-order valence-corrected chi connectivity index (χ3v) is 6.60. The van der Waals surface area contributed by atoms with Crippen LogP contribution >= 0.6 is 34.7 Å². The quantitative estimate of drug-likeness (QED) is 0.341. The van der Waals surface area contributed by atoms with Crippen LogP contribution < -0.4 is 5.32 Å². The van der Waals surface area contributed by atoms with E-state index >= 15 is 0 Å². The van der Waals surface area contributed by atoms with Crippen molar-refractivity contribution >= 4 is 66.7 Å². The Morgan fingerprint density at radius 2 is 1.89 bits per heavy atom. The lowest BCUT2D eigenvalue weighted by atomic mass is 10.1. The highest BCUT2D eigenvalue weighted by Crippen LogP contribution is 2.38. The molecule has 142 valence electrons. The molecule has 4 aromatic rings. The van der Waals surface area contributed by atoms with E-state index in [1.165, 1.54) is 11.8 Å². The average Bonchev–Trinajstić information content (AvgIpc) is 3.00. The number of fused-ring (bicyclic) bond motifs is 3. The van der Waals surface area contributed by atoms with Gasteiger partial charge >= 0.3 is 0 Å². The molecule has 1 aromatic carbocycles. The number of thiophene rings is 1. The van der Waals surface area contributed by atoms with Gasteiger partial charge in [0.2, 0.25) is 5.91 Å². The van der Waals surface area contributed by atoms with Crippen LogP contribution in [0.5, 0.6) is 0 Å². The molecule has 1 N–H and O–H groups in total. The summed E-state index contributed by atoms with van der Waals surface area (Å²) >= 11 is 8.87. The van der Waals surface area contributed by atoms with Crippen molar-refractivity contribution < 1.29 is 4.79 Å². The molecule has 0 spiro atoms. The maximum atomic E-state index is 12.3. The van der Waals surface area contributed by atoms with Gasteiger partial charge in [-0.2, -0.15) is 0 Å². The van der Waals surface area contributed by atoms with E-state index in [0.29, 0.717) is 10.8 Å². The third kappa shape index (κ3) is 3.83. The van der Waals surface area contributed by atoms with Crippen LogP contribution in [0.2, 0.25) is 5.02 Å². The molecule has 8 heteroatoms. The number of rotatable bonds is 4.